The van der Waals surface area contributed by atoms with Crippen LogP contribution in [0.4, 0.5) is 0 Å². The molecule has 10 aliphatic heterocycles. The van der Waals surface area contributed by atoms with Gasteiger partial charge in [-0.1, -0.05) is 0 Å². The summed E-state index contributed by atoms with van der Waals surface area (Å²) in [7, 11) is 7.40. The first kappa shape index (κ1) is 25.2. The maximum atomic E-state index is 4.97. The summed E-state index contributed by atoms with van der Waals surface area (Å²) >= 11 is 0. The standard InChI is InChI=1S/C39H39N2P2.C5H5.Fe/c42-25-38(32-18-26-17-27(20-32)21-33(38)19-26)37-35(39(43,30-13-7-15-40-23-30)31-14-8-16-41-24-31)22-34(28-9-3-1-4-10-28)36(37)29-11-5-2-6-12-29;1-2-4-5-3-1;/h1-16,22-24,26-27,32-33H,17-21,25,42-43H2;1-5H;. The molecule has 14 aliphatic rings. The van der Waals surface area contributed by atoms with Crippen molar-refractivity contribution in [3.63, 3.8) is 0 Å². The molecule has 2 aromatic heterocycles. The van der Waals surface area contributed by atoms with Crippen LogP contribution in [-0.4, -0.2) is 16.1 Å². The van der Waals surface area contributed by atoms with Crippen LogP contribution in [0.1, 0.15) is 54.4 Å². The molecule has 4 aromatic rings. The fraction of sp³-hybridized carbons (Fsp3) is 0.500. The van der Waals surface area contributed by atoms with E-state index in [1.54, 1.807) is 0 Å². The van der Waals surface area contributed by atoms with Gasteiger partial charge in [-0.05, 0) is 0 Å². The predicted octanol–water partition coefficient (Wildman–Crippen LogP) is 10.3. The molecule has 248 valence electrons. The van der Waals surface area contributed by atoms with Crippen LogP contribution in [0.3, 0.4) is 0 Å². The summed E-state index contributed by atoms with van der Waals surface area (Å²) in [5, 5.41) is -0.148. The number of hydrogen-bond acceptors (Lipinski definition) is 2. The van der Waals surface area contributed by atoms with E-state index in [9.17, 15) is 0 Å². The van der Waals surface area contributed by atoms with Crippen molar-refractivity contribution >= 4 is 18.5 Å². The summed E-state index contributed by atoms with van der Waals surface area (Å²) in [5.41, 5.74) is 7.05. The number of nitrogens with zero attached hydrogens (tertiary/aromatic N) is 2. The molecule has 0 N–H and O–H groups in total. The van der Waals surface area contributed by atoms with Crippen LogP contribution < -0.4 is 0 Å². The number of aromatic nitrogens is 2. The van der Waals surface area contributed by atoms with Crippen LogP contribution in [0, 0.1) is 29.1 Å². The van der Waals surface area contributed by atoms with Gasteiger partial charge >= 0.3 is 286 Å². The van der Waals surface area contributed by atoms with Crippen LogP contribution in [0.5, 0.6) is 0 Å². The Hall–Kier alpha value is -1.88. The van der Waals surface area contributed by atoms with Gasteiger partial charge in [-0.3, -0.25) is 0 Å². The zero-order valence-corrected chi connectivity index (χ0v) is 31.2. The summed E-state index contributed by atoms with van der Waals surface area (Å²) in [6.45, 7) is -4.95. The molecule has 0 amide bonds. The molecule has 7 atom stereocenters. The third-order valence-electron chi connectivity index (χ3n) is 25.9. The van der Waals surface area contributed by atoms with Gasteiger partial charge in [0.25, 0.3) is 0 Å². The van der Waals surface area contributed by atoms with Crippen molar-refractivity contribution in [2.45, 2.75) is 83.4 Å². The average molecular weight is 719 g/mol. The van der Waals surface area contributed by atoms with E-state index in [0.29, 0.717) is 22.7 Å². The fourth-order valence-corrected chi connectivity index (χ4v) is 116. The van der Waals surface area contributed by atoms with E-state index in [0.717, 1.165) is 52.6 Å². The van der Waals surface area contributed by atoms with Gasteiger partial charge in [-0.25, -0.2) is 0 Å². The van der Waals surface area contributed by atoms with E-state index >= 15 is 0 Å². The molecule has 18 rings (SSSR count). The summed E-state index contributed by atoms with van der Waals surface area (Å²) < 4.78 is 1.69. The van der Waals surface area contributed by atoms with Crippen molar-refractivity contribution in [1.29, 1.82) is 0 Å². The number of hydrogen-bond donors (Lipinski definition) is 0. The van der Waals surface area contributed by atoms with E-state index in [1.807, 2.05) is 23.5 Å². The Labute approximate surface area is 284 Å². The van der Waals surface area contributed by atoms with Crippen molar-refractivity contribution in [2.24, 2.45) is 29.1 Å². The third kappa shape index (κ3) is 0.685. The molecule has 0 radical (unpaired) electrons. The minimum absolute atomic E-state index is 0.148. The molecular formula is C44H44FeN2P2. The summed E-state index contributed by atoms with van der Waals surface area (Å²) in [6.07, 6.45) is 17.6. The molecule has 1 spiro atoms. The quantitative estimate of drug-likeness (QED) is 0.141. The van der Waals surface area contributed by atoms with E-state index in [2.05, 4.69) is 116 Å². The van der Waals surface area contributed by atoms with Gasteiger partial charge in [0.1, 0.15) is 0 Å². The Balaban J connectivity index is 1.14. The summed E-state index contributed by atoms with van der Waals surface area (Å²) in [4.78, 5) is 16.3. The number of benzene rings is 2. The second-order valence-electron chi connectivity index (χ2n) is 21.5. The molecule has 4 bridgehead atoms. The Kier molecular flexibility index (Phi) is 2.23. The topological polar surface area (TPSA) is 25.8 Å². The van der Waals surface area contributed by atoms with Gasteiger partial charge in [0, 0.05) is 0 Å². The second-order valence-corrected chi connectivity index (χ2v) is 45.3. The van der Waals surface area contributed by atoms with E-state index in [-0.39, 0.29) is 5.16 Å². The van der Waals surface area contributed by atoms with Crippen molar-refractivity contribution < 1.29 is 6.51 Å². The molecule has 4 saturated carbocycles. The zero-order valence-electron chi connectivity index (χ0n) is 27.8. The van der Waals surface area contributed by atoms with Gasteiger partial charge in [-0.15, -0.1) is 0 Å². The Morgan fingerprint density at radius 2 is 1.16 bits per heavy atom. The van der Waals surface area contributed by atoms with E-state index in [4.69, 9.17) is 9.97 Å². The normalized spacial score (nSPS) is 66.5. The molecule has 7 unspecified atom stereocenters. The SMILES string of the molecule is PCC1([C]23[C]4(c5ccccc5)[C]5(c6ccccc6)[CH]6[C]2(C(P)(c2cccnc2)c2cccnc2)[Fe]65432789[CH]3[CH]2[CH]7[CH]8[CH]39)C2CC3CC(C2)CC1C3. The predicted molar refractivity (Wildman–Crippen MR) is 197 cm³/mol. The Morgan fingerprint density at radius 3 is 1.61 bits per heavy atom. The van der Waals surface area contributed by atoms with Crippen LogP contribution in [0.15, 0.2) is 110 Å². The number of rotatable bonds is 7. The first-order valence-corrected chi connectivity index (χ1v) is 26.9. The maximum absolute atomic E-state index is 4.97. The fourth-order valence-electron chi connectivity index (χ4n) is 29.6. The number of pyridine rings is 2. The van der Waals surface area contributed by atoms with Crippen LogP contribution in [0.25, 0.3) is 0 Å². The molecule has 12 heterocycles. The molecule has 10 saturated heterocycles. The summed E-state index contributed by atoms with van der Waals surface area (Å²) in [6, 6.07) is 34.7. The molecule has 49 heavy (non-hydrogen) atoms. The third-order valence-corrected chi connectivity index (χ3v) is 72.0. The molecule has 14 fully saturated rings. The molecule has 2 aromatic carbocycles. The zero-order chi connectivity index (χ0) is 31.8. The van der Waals surface area contributed by atoms with Crippen LogP contribution >= 0.6 is 18.5 Å². The molecule has 5 heteroatoms. The van der Waals surface area contributed by atoms with Crippen molar-refractivity contribution in [3.05, 3.63) is 132 Å². The van der Waals surface area contributed by atoms with Crippen molar-refractivity contribution in [3.8, 4) is 0 Å². The van der Waals surface area contributed by atoms with Gasteiger partial charge in [-0.2, -0.15) is 0 Å². The average Bonchev–Trinajstić information content (AvgIpc) is 4.11. The van der Waals surface area contributed by atoms with Crippen molar-refractivity contribution in [2.75, 3.05) is 6.16 Å². The number of fused-ring (bicyclic) bond motifs is 11. The molecule has 2 nitrogen and oxygen atoms in total. The van der Waals surface area contributed by atoms with Crippen LogP contribution in [-0.2, 0) is 20.3 Å². The molecule has 4 aliphatic carbocycles. The Morgan fingerprint density at radius 1 is 0.653 bits per heavy atom. The first-order chi connectivity index (χ1) is 23.9. The van der Waals surface area contributed by atoms with Gasteiger partial charge < -0.3 is 0 Å². The van der Waals surface area contributed by atoms with Gasteiger partial charge in [0.05, 0.1) is 0 Å². The monoisotopic (exact) mass is 718 g/mol. The van der Waals surface area contributed by atoms with E-state index < -0.39 is 6.51 Å². The summed E-state index contributed by atoms with van der Waals surface area (Å²) in [5.74, 6) is 3.79. The van der Waals surface area contributed by atoms with Crippen LogP contribution in [0.2, 0.25) is 37.5 Å². The van der Waals surface area contributed by atoms with Crippen molar-refractivity contribution in [1.82, 2.24) is 9.97 Å². The van der Waals surface area contributed by atoms with Gasteiger partial charge in [0.15, 0.2) is 0 Å². The minimum atomic E-state index is -4.95. The Bertz CT molecular complexity index is 2620. The second kappa shape index (κ2) is 4.34. The molecular weight excluding hydrogens is 674 g/mol. The van der Waals surface area contributed by atoms with E-state index in [1.165, 1.54) is 49.4 Å². The first-order valence-electron chi connectivity index (χ1n) is 19.5. The van der Waals surface area contributed by atoms with Gasteiger partial charge in [0.2, 0.25) is 0 Å².